The number of thiophene rings is 1. The highest BCUT2D eigenvalue weighted by Crippen LogP contribution is 2.53. The van der Waals surface area contributed by atoms with Crippen LogP contribution in [0.2, 0.25) is 0 Å². The molecule has 2 heteroatoms. The number of aromatic nitrogens is 1. The van der Waals surface area contributed by atoms with E-state index in [0.29, 0.717) is 0 Å². The molecule has 0 fully saturated rings. The van der Waals surface area contributed by atoms with Crippen molar-refractivity contribution in [1.82, 2.24) is 4.57 Å². The van der Waals surface area contributed by atoms with Crippen molar-refractivity contribution < 1.29 is 0 Å². The summed E-state index contributed by atoms with van der Waals surface area (Å²) in [6.45, 7) is 0. The van der Waals surface area contributed by atoms with Crippen LogP contribution in [-0.4, -0.2) is 4.57 Å². The molecule has 1 nitrogen and oxygen atoms in total. The zero-order chi connectivity index (χ0) is 25.9. The number of nitrogens with zero attached hydrogens (tertiary/aromatic N) is 1. The Balaban J connectivity index is 1.57. The van der Waals surface area contributed by atoms with Gasteiger partial charge in [0.1, 0.15) is 0 Å². The fraction of sp³-hybridized carbons (Fsp3) is 0. The van der Waals surface area contributed by atoms with E-state index in [9.17, 15) is 0 Å². The van der Waals surface area contributed by atoms with Crippen molar-refractivity contribution in [2.75, 3.05) is 0 Å². The standard InChI is InChI=1S/C38H21NS/c1-2-11-22(12-3-1)39-36-29-19-10-18-25-23-13-4-5-14-24(23)30(33(25)29)21-31(36)34-26-15-6-7-16-27(26)35-28-17-8-9-20-32(28)40-38(35)37(34)39/h1-21H. The summed E-state index contributed by atoms with van der Waals surface area (Å²) >= 11 is 1.92. The highest BCUT2D eigenvalue weighted by Gasteiger charge is 2.27. The lowest BCUT2D eigenvalue weighted by molar-refractivity contribution is 1.19. The third-order valence-corrected chi connectivity index (χ3v) is 10.1. The van der Waals surface area contributed by atoms with Gasteiger partial charge in [0, 0.05) is 37.3 Å². The molecule has 1 aliphatic rings. The topological polar surface area (TPSA) is 4.93 Å². The third kappa shape index (κ3) is 2.44. The van der Waals surface area contributed by atoms with E-state index in [-0.39, 0.29) is 0 Å². The van der Waals surface area contributed by atoms with Crippen LogP contribution in [0.25, 0.3) is 91.5 Å². The second kappa shape index (κ2) is 7.38. The Morgan fingerprint density at radius 1 is 0.400 bits per heavy atom. The highest BCUT2D eigenvalue weighted by molar-refractivity contribution is 7.27. The molecule has 0 saturated heterocycles. The summed E-state index contributed by atoms with van der Waals surface area (Å²) in [6, 6.07) is 47.1. The minimum atomic E-state index is 1.20. The van der Waals surface area contributed by atoms with Crippen LogP contribution >= 0.6 is 11.3 Å². The molecule has 0 amide bonds. The largest absolute Gasteiger partial charge is 0.307 e. The van der Waals surface area contributed by atoms with Gasteiger partial charge in [-0.1, -0.05) is 103 Å². The Labute approximate surface area is 234 Å². The zero-order valence-corrected chi connectivity index (χ0v) is 22.3. The van der Waals surface area contributed by atoms with E-state index in [1.54, 1.807) is 0 Å². The summed E-state index contributed by atoms with van der Waals surface area (Å²) in [5.74, 6) is 0. The van der Waals surface area contributed by atoms with Gasteiger partial charge in [0.05, 0.1) is 15.7 Å². The van der Waals surface area contributed by atoms with Crippen molar-refractivity contribution in [3.05, 3.63) is 127 Å². The van der Waals surface area contributed by atoms with Crippen LogP contribution in [0.1, 0.15) is 0 Å². The number of fused-ring (bicyclic) bond motifs is 14. The number of hydrogen-bond donors (Lipinski definition) is 0. The number of hydrogen-bond acceptors (Lipinski definition) is 1. The summed E-state index contributed by atoms with van der Waals surface area (Å²) in [5, 5.41) is 10.7. The predicted octanol–water partition coefficient (Wildman–Crippen LogP) is 11.1. The van der Waals surface area contributed by atoms with Gasteiger partial charge in [-0.2, -0.15) is 0 Å². The molecule has 184 valence electrons. The van der Waals surface area contributed by atoms with Crippen molar-refractivity contribution in [3.63, 3.8) is 0 Å². The van der Waals surface area contributed by atoms with Crippen LogP contribution in [-0.2, 0) is 0 Å². The van der Waals surface area contributed by atoms with Crippen LogP contribution in [0, 0.1) is 0 Å². The van der Waals surface area contributed by atoms with Gasteiger partial charge >= 0.3 is 0 Å². The van der Waals surface area contributed by atoms with E-state index in [4.69, 9.17) is 0 Å². The molecule has 0 aliphatic heterocycles. The first kappa shape index (κ1) is 21.0. The molecule has 9 aromatic rings. The molecular formula is C38H21NS. The molecule has 0 N–H and O–H groups in total. The number of benzene rings is 7. The minimum Gasteiger partial charge on any atom is -0.307 e. The average molecular weight is 524 g/mol. The van der Waals surface area contributed by atoms with Crippen molar-refractivity contribution in [1.29, 1.82) is 0 Å². The van der Waals surface area contributed by atoms with Gasteiger partial charge in [-0.05, 0) is 62.7 Å². The van der Waals surface area contributed by atoms with E-state index in [1.165, 1.54) is 91.5 Å². The lowest BCUT2D eigenvalue weighted by Crippen LogP contribution is -1.94. The van der Waals surface area contributed by atoms with Gasteiger partial charge in [0.2, 0.25) is 0 Å². The molecule has 0 bridgehead atoms. The molecule has 0 radical (unpaired) electrons. The smallest absolute Gasteiger partial charge is 0.0726 e. The van der Waals surface area contributed by atoms with E-state index in [0.717, 1.165) is 0 Å². The molecule has 10 rings (SSSR count). The first-order chi connectivity index (χ1) is 19.9. The lowest BCUT2D eigenvalue weighted by Gasteiger charge is -2.12. The molecule has 7 aromatic carbocycles. The Morgan fingerprint density at radius 2 is 1.02 bits per heavy atom. The van der Waals surface area contributed by atoms with Crippen LogP contribution in [0.5, 0.6) is 0 Å². The minimum absolute atomic E-state index is 1.20. The Kier molecular flexibility index (Phi) is 3.87. The number of rotatable bonds is 1. The fourth-order valence-electron chi connectivity index (χ4n) is 7.36. The quantitative estimate of drug-likeness (QED) is 0.202. The van der Waals surface area contributed by atoms with Crippen LogP contribution in [0.4, 0.5) is 0 Å². The van der Waals surface area contributed by atoms with Crippen molar-refractivity contribution >= 4 is 74.9 Å². The van der Waals surface area contributed by atoms with Gasteiger partial charge in [0.25, 0.3) is 0 Å². The second-order valence-corrected chi connectivity index (χ2v) is 11.9. The van der Waals surface area contributed by atoms with Crippen LogP contribution in [0.15, 0.2) is 127 Å². The van der Waals surface area contributed by atoms with E-state index in [1.807, 2.05) is 11.3 Å². The first-order valence-electron chi connectivity index (χ1n) is 13.8. The molecule has 2 aromatic heterocycles. The van der Waals surface area contributed by atoms with Gasteiger partial charge in [-0.25, -0.2) is 0 Å². The molecule has 2 heterocycles. The molecule has 0 saturated carbocycles. The summed E-state index contributed by atoms with van der Waals surface area (Å²) in [5.41, 5.74) is 9.17. The third-order valence-electron chi connectivity index (χ3n) is 8.88. The SMILES string of the molecule is c1ccc(-n2c3c4cccc5c4c(cc3c3c4ccccc4c4c6ccccc6sc4c32)-c2ccccc2-5)cc1. The lowest BCUT2D eigenvalue weighted by atomic mass is 9.96. The highest BCUT2D eigenvalue weighted by atomic mass is 32.1. The molecular weight excluding hydrogens is 502 g/mol. The van der Waals surface area contributed by atoms with Crippen LogP contribution in [0.3, 0.4) is 0 Å². The zero-order valence-electron chi connectivity index (χ0n) is 21.5. The Bertz CT molecular complexity index is 2530. The molecule has 0 unspecified atom stereocenters. The van der Waals surface area contributed by atoms with Gasteiger partial charge in [-0.15, -0.1) is 11.3 Å². The fourth-order valence-corrected chi connectivity index (χ4v) is 8.62. The maximum Gasteiger partial charge on any atom is 0.0726 e. The predicted molar refractivity (Wildman–Crippen MR) is 173 cm³/mol. The monoisotopic (exact) mass is 523 g/mol. The van der Waals surface area contributed by atoms with Gasteiger partial charge < -0.3 is 4.57 Å². The molecule has 0 spiro atoms. The van der Waals surface area contributed by atoms with Crippen molar-refractivity contribution in [2.24, 2.45) is 0 Å². The molecule has 0 atom stereocenters. The van der Waals surface area contributed by atoms with E-state index < -0.39 is 0 Å². The van der Waals surface area contributed by atoms with Gasteiger partial charge in [0.15, 0.2) is 0 Å². The maximum atomic E-state index is 2.56. The molecule has 1 aliphatic carbocycles. The first-order valence-corrected chi connectivity index (χ1v) is 14.6. The van der Waals surface area contributed by atoms with E-state index in [2.05, 4.69) is 132 Å². The summed E-state index contributed by atoms with van der Waals surface area (Å²) in [7, 11) is 0. The Morgan fingerprint density at radius 3 is 1.85 bits per heavy atom. The maximum absolute atomic E-state index is 2.56. The Hall–Kier alpha value is -4.92. The number of para-hydroxylation sites is 1. The summed E-state index contributed by atoms with van der Waals surface area (Å²) in [6.07, 6.45) is 0. The van der Waals surface area contributed by atoms with Crippen molar-refractivity contribution in [3.8, 4) is 27.9 Å². The van der Waals surface area contributed by atoms with Crippen LogP contribution < -0.4 is 0 Å². The normalized spacial score (nSPS) is 12.5. The van der Waals surface area contributed by atoms with Gasteiger partial charge in [-0.3, -0.25) is 0 Å². The summed E-state index contributed by atoms with van der Waals surface area (Å²) in [4.78, 5) is 0. The average Bonchev–Trinajstić information content (AvgIpc) is 3.68. The van der Waals surface area contributed by atoms with E-state index >= 15 is 0 Å². The molecule has 40 heavy (non-hydrogen) atoms. The van der Waals surface area contributed by atoms with Crippen molar-refractivity contribution in [2.45, 2.75) is 0 Å². The second-order valence-electron chi connectivity index (χ2n) is 10.8. The summed E-state index contributed by atoms with van der Waals surface area (Å²) < 4.78 is 5.25.